The summed E-state index contributed by atoms with van der Waals surface area (Å²) in [5, 5.41) is 25.5. The third-order valence-electron chi connectivity index (χ3n) is 5.31. The molecular formula is C18H26F2N4O4. The Bertz CT molecular complexity index is 671. The van der Waals surface area contributed by atoms with Crippen molar-refractivity contribution < 1.29 is 28.5 Å². The van der Waals surface area contributed by atoms with Crippen LogP contribution in [0.2, 0.25) is 0 Å². The smallest absolute Gasteiger partial charge is 0.345 e. The first-order chi connectivity index (χ1) is 13.4. The molecule has 2 fully saturated rings. The number of alkyl halides is 2. The molecule has 0 aliphatic heterocycles. The van der Waals surface area contributed by atoms with Crippen LogP contribution in [-0.2, 0) is 4.74 Å². The highest BCUT2D eigenvalue weighted by Crippen LogP contribution is 2.26. The number of aromatic carboxylic acids is 1. The number of anilines is 2. The third-order valence-corrected chi connectivity index (χ3v) is 5.31. The molecule has 0 unspecified atom stereocenters. The topological polar surface area (TPSA) is 117 Å². The van der Waals surface area contributed by atoms with Crippen LogP contribution in [0.5, 0.6) is 0 Å². The van der Waals surface area contributed by atoms with Crippen molar-refractivity contribution in [2.45, 2.75) is 82.3 Å². The maximum atomic E-state index is 12.3. The number of aromatic nitrogens is 2. The van der Waals surface area contributed by atoms with Crippen LogP contribution < -0.4 is 10.6 Å². The summed E-state index contributed by atoms with van der Waals surface area (Å²) >= 11 is 0. The second-order valence-corrected chi connectivity index (χ2v) is 7.44. The van der Waals surface area contributed by atoms with Gasteiger partial charge in [0.1, 0.15) is 11.4 Å². The van der Waals surface area contributed by atoms with E-state index in [9.17, 15) is 23.8 Å². The van der Waals surface area contributed by atoms with Crippen molar-refractivity contribution in [3.05, 3.63) is 11.8 Å². The van der Waals surface area contributed by atoms with Gasteiger partial charge in [0.15, 0.2) is 0 Å². The summed E-state index contributed by atoms with van der Waals surface area (Å²) in [6, 6.07) is -0.0379. The SMILES string of the molecule is O=C(O)c1cnc(N[C@H]2CC[C@H](OC(F)F)CC2)nc1N[C@@H]1CCC[C@H](O)C1. The van der Waals surface area contributed by atoms with Crippen molar-refractivity contribution in [2.24, 2.45) is 0 Å². The Morgan fingerprint density at radius 3 is 2.54 bits per heavy atom. The second-order valence-electron chi connectivity index (χ2n) is 7.44. The second kappa shape index (κ2) is 9.42. The van der Waals surface area contributed by atoms with E-state index in [1.165, 1.54) is 6.20 Å². The van der Waals surface area contributed by atoms with Crippen LogP contribution in [0, 0.1) is 0 Å². The molecule has 2 aliphatic rings. The number of hydrogen-bond acceptors (Lipinski definition) is 7. The minimum Gasteiger partial charge on any atom is -0.477 e. The lowest BCUT2D eigenvalue weighted by molar-refractivity contribution is -0.169. The van der Waals surface area contributed by atoms with Gasteiger partial charge in [0.25, 0.3) is 0 Å². The maximum absolute atomic E-state index is 12.3. The molecule has 0 spiro atoms. The third kappa shape index (κ3) is 5.71. The first-order valence-electron chi connectivity index (χ1n) is 9.65. The number of carboxylic acids is 1. The van der Waals surface area contributed by atoms with E-state index in [1.807, 2.05) is 0 Å². The molecule has 2 atom stereocenters. The zero-order valence-electron chi connectivity index (χ0n) is 15.5. The van der Waals surface area contributed by atoms with Crippen LogP contribution in [0.25, 0.3) is 0 Å². The zero-order valence-corrected chi connectivity index (χ0v) is 15.5. The molecule has 0 aromatic carbocycles. The Hall–Kier alpha value is -2.07. The molecular weight excluding hydrogens is 374 g/mol. The largest absolute Gasteiger partial charge is 0.477 e. The zero-order chi connectivity index (χ0) is 20.1. The summed E-state index contributed by atoms with van der Waals surface area (Å²) in [6.07, 6.45) is 5.70. The molecule has 1 aromatic rings. The molecule has 3 rings (SSSR count). The lowest BCUT2D eigenvalue weighted by atomic mass is 9.93. The van der Waals surface area contributed by atoms with Crippen LogP contribution >= 0.6 is 0 Å². The summed E-state index contributed by atoms with van der Waals surface area (Å²) in [5.41, 5.74) is -0.0281. The number of nitrogens with zero attached hydrogens (tertiary/aromatic N) is 2. The average Bonchev–Trinajstić information content (AvgIpc) is 2.63. The van der Waals surface area contributed by atoms with Crippen LogP contribution in [0.3, 0.4) is 0 Å². The summed E-state index contributed by atoms with van der Waals surface area (Å²) in [4.78, 5) is 19.9. The minimum absolute atomic E-state index is 0.0116. The van der Waals surface area contributed by atoms with Gasteiger partial charge in [-0.3, -0.25) is 0 Å². The van der Waals surface area contributed by atoms with E-state index < -0.39 is 24.8 Å². The van der Waals surface area contributed by atoms with E-state index in [2.05, 4.69) is 25.3 Å². The van der Waals surface area contributed by atoms with Gasteiger partial charge in [-0.05, 0) is 51.4 Å². The maximum Gasteiger partial charge on any atom is 0.345 e. The number of carbonyl (C=O) groups is 1. The van der Waals surface area contributed by atoms with Crippen LogP contribution in [0.1, 0.15) is 61.7 Å². The van der Waals surface area contributed by atoms with E-state index in [4.69, 9.17) is 0 Å². The highest BCUT2D eigenvalue weighted by molar-refractivity contribution is 5.93. The highest BCUT2D eigenvalue weighted by atomic mass is 19.3. The molecule has 1 aromatic heterocycles. The number of ether oxygens (including phenoxy) is 1. The van der Waals surface area contributed by atoms with Crippen LogP contribution in [-0.4, -0.2) is 57.1 Å². The Morgan fingerprint density at radius 2 is 1.89 bits per heavy atom. The van der Waals surface area contributed by atoms with Gasteiger partial charge in [0.05, 0.1) is 12.2 Å². The predicted molar refractivity (Wildman–Crippen MR) is 97.6 cm³/mol. The standard InChI is InChI=1S/C18H26F2N4O4/c19-17(20)28-13-6-4-10(5-7-13)23-18-21-9-14(16(26)27)15(24-18)22-11-2-1-3-12(25)8-11/h9-13,17,25H,1-8H2,(H,26,27)(H2,21,22,23,24)/t10-,11-,12+,13-/m1/s1. The van der Waals surface area contributed by atoms with E-state index in [0.717, 1.165) is 19.3 Å². The summed E-state index contributed by atoms with van der Waals surface area (Å²) < 4.78 is 29.2. The van der Waals surface area contributed by atoms with Crippen molar-refractivity contribution in [3.8, 4) is 0 Å². The van der Waals surface area contributed by atoms with Crippen LogP contribution in [0.4, 0.5) is 20.5 Å². The predicted octanol–water partition coefficient (Wildman–Crippen LogP) is 2.85. The average molecular weight is 400 g/mol. The van der Waals surface area contributed by atoms with E-state index in [0.29, 0.717) is 38.1 Å². The van der Waals surface area contributed by atoms with Gasteiger partial charge in [-0.1, -0.05) is 0 Å². The highest BCUT2D eigenvalue weighted by Gasteiger charge is 2.26. The Morgan fingerprint density at radius 1 is 1.14 bits per heavy atom. The van der Waals surface area contributed by atoms with Gasteiger partial charge in [-0.2, -0.15) is 13.8 Å². The van der Waals surface area contributed by atoms with Crippen molar-refractivity contribution >= 4 is 17.7 Å². The van der Waals surface area contributed by atoms with Crippen molar-refractivity contribution in [1.82, 2.24) is 9.97 Å². The lowest BCUT2D eigenvalue weighted by Gasteiger charge is -2.29. The molecule has 8 nitrogen and oxygen atoms in total. The number of hydrogen-bond donors (Lipinski definition) is 4. The van der Waals surface area contributed by atoms with Crippen molar-refractivity contribution in [1.29, 1.82) is 0 Å². The molecule has 1 heterocycles. The molecule has 10 heteroatoms. The van der Waals surface area contributed by atoms with Gasteiger partial charge in [0.2, 0.25) is 5.95 Å². The minimum atomic E-state index is -2.76. The quantitative estimate of drug-likeness (QED) is 0.552. The van der Waals surface area contributed by atoms with Gasteiger partial charge in [-0.15, -0.1) is 0 Å². The summed E-state index contributed by atoms with van der Waals surface area (Å²) in [7, 11) is 0. The molecule has 4 N–H and O–H groups in total. The van der Waals surface area contributed by atoms with Crippen molar-refractivity contribution in [2.75, 3.05) is 10.6 Å². The number of halogens is 2. The van der Waals surface area contributed by atoms with Gasteiger partial charge in [-0.25, -0.2) is 9.78 Å². The van der Waals surface area contributed by atoms with Gasteiger partial charge < -0.3 is 25.6 Å². The Labute approximate surface area is 161 Å². The molecule has 0 saturated heterocycles. The first-order valence-corrected chi connectivity index (χ1v) is 9.65. The number of rotatable bonds is 7. The fraction of sp³-hybridized carbons (Fsp3) is 0.722. The Kier molecular flexibility index (Phi) is 6.95. The fourth-order valence-electron chi connectivity index (χ4n) is 3.88. The van der Waals surface area contributed by atoms with Gasteiger partial charge >= 0.3 is 12.6 Å². The fourth-order valence-corrected chi connectivity index (χ4v) is 3.88. The normalized spacial score (nSPS) is 28.1. The van der Waals surface area contributed by atoms with E-state index in [-0.39, 0.29) is 23.5 Å². The molecule has 2 aliphatic carbocycles. The monoisotopic (exact) mass is 400 g/mol. The summed E-state index contributed by atoms with van der Waals surface area (Å²) in [5.74, 6) is -0.615. The van der Waals surface area contributed by atoms with Gasteiger partial charge in [0, 0.05) is 18.3 Å². The molecule has 0 amide bonds. The van der Waals surface area contributed by atoms with E-state index in [1.54, 1.807) is 0 Å². The molecule has 0 bridgehead atoms. The van der Waals surface area contributed by atoms with E-state index >= 15 is 0 Å². The van der Waals surface area contributed by atoms with Crippen LogP contribution in [0.15, 0.2) is 6.20 Å². The van der Waals surface area contributed by atoms with Crippen molar-refractivity contribution in [3.63, 3.8) is 0 Å². The number of nitrogens with one attached hydrogen (secondary N) is 2. The summed E-state index contributed by atoms with van der Waals surface area (Å²) in [6.45, 7) is -2.76. The number of carboxylic acid groups (broad SMARTS) is 1. The molecule has 2 saturated carbocycles. The number of aliphatic hydroxyl groups is 1. The first kappa shape index (κ1) is 20.7. The molecule has 156 valence electrons. The Balaban J connectivity index is 1.63. The number of aliphatic hydroxyl groups excluding tert-OH is 1. The molecule has 0 radical (unpaired) electrons. The molecule has 28 heavy (non-hydrogen) atoms. The lowest BCUT2D eigenvalue weighted by Crippen LogP contribution is -2.32.